The van der Waals surface area contributed by atoms with Gasteiger partial charge in [0.2, 0.25) is 11.8 Å². The van der Waals surface area contributed by atoms with Gasteiger partial charge in [0.05, 0.1) is 0 Å². The van der Waals surface area contributed by atoms with E-state index in [1.807, 2.05) is 0 Å². The van der Waals surface area contributed by atoms with Gasteiger partial charge in [0.15, 0.2) is 8.32 Å². The molecule has 0 unspecified atom stereocenters. The van der Waals surface area contributed by atoms with Gasteiger partial charge in [-0.1, -0.05) is 39.0 Å². The summed E-state index contributed by atoms with van der Waals surface area (Å²) in [5, 5.41) is 14.4. The summed E-state index contributed by atoms with van der Waals surface area (Å²) in [5.74, 6) is -2.86. The van der Waals surface area contributed by atoms with Crippen molar-refractivity contribution in [2.75, 3.05) is 6.61 Å². The molecule has 168 valence electrons. The zero-order valence-corrected chi connectivity index (χ0v) is 19.5. The minimum Gasteiger partial charge on any atom is -0.480 e. The van der Waals surface area contributed by atoms with E-state index in [2.05, 4.69) is 44.5 Å². The molecule has 3 N–H and O–H groups in total. The highest BCUT2D eigenvalue weighted by Gasteiger charge is 2.37. The maximum Gasteiger partial charge on any atom is 0.326 e. The predicted molar refractivity (Wildman–Crippen MR) is 115 cm³/mol. The molecule has 0 saturated heterocycles. The Morgan fingerprint density at radius 1 is 1.13 bits per heavy atom. The van der Waals surface area contributed by atoms with Crippen LogP contribution in [0.1, 0.15) is 39.7 Å². The third-order valence-electron chi connectivity index (χ3n) is 5.37. The maximum absolute atomic E-state index is 14.0. The van der Waals surface area contributed by atoms with Crippen molar-refractivity contribution in [3.8, 4) is 0 Å². The molecular weight excluding hydrogens is 407 g/mol. The molecule has 0 spiro atoms. The minimum absolute atomic E-state index is 0.0226. The van der Waals surface area contributed by atoms with Gasteiger partial charge in [0, 0.05) is 26.4 Å². The SMILES string of the molecule is CC(=O)N[C@H](Cc1ccccc1F)C(=O)N[C@H](CCO[Si](C)(C)C(C)(C)C)C(=O)O. The number of carboxylic acids is 1. The first-order valence-corrected chi connectivity index (χ1v) is 12.8. The van der Waals surface area contributed by atoms with Crippen LogP contribution in [0.2, 0.25) is 18.1 Å². The average molecular weight is 441 g/mol. The van der Waals surface area contributed by atoms with Crippen molar-refractivity contribution in [2.24, 2.45) is 0 Å². The second-order valence-corrected chi connectivity index (χ2v) is 13.7. The third kappa shape index (κ3) is 7.87. The number of carbonyl (C=O) groups is 3. The normalized spacial score (nSPS) is 14.0. The van der Waals surface area contributed by atoms with Gasteiger partial charge < -0.3 is 20.2 Å². The lowest BCUT2D eigenvalue weighted by Gasteiger charge is -2.36. The Hall–Kier alpha value is -2.26. The molecular formula is C21H33FN2O5Si. The molecule has 1 aromatic carbocycles. The van der Waals surface area contributed by atoms with Gasteiger partial charge in [-0.2, -0.15) is 0 Å². The maximum atomic E-state index is 14.0. The largest absolute Gasteiger partial charge is 0.480 e. The van der Waals surface area contributed by atoms with E-state index in [-0.39, 0.29) is 30.1 Å². The molecule has 7 nitrogen and oxygen atoms in total. The number of carboxylic acid groups (broad SMARTS) is 1. The molecule has 0 bridgehead atoms. The number of halogens is 1. The molecule has 0 fully saturated rings. The number of carbonyl (C=O) groups excluding carboxylic acids is 2. The molecule has 9 heteroatoms. The van der Waals surface area contributed by atoms with E-state index >= 15 is 0 Å². The standard InChI is InChI=1S/C21H33FN2O5Si/c1-14(25)23-18(13-15-9-7-8-10-16(15)22)19(26)24-17(20(27)28)11-12-29-30(5,6)21(2,3)4/h7-10,17-18H,11-13H2,1-6H3,(H,23,25)(H,24,26)(H,27,28)/t17-,18-/m1/s1. The second kappa shape index (κ2) is 10.7. The highest BCUT2D eigenvalue weighted by Crippen LogP contribution is 2.36. The molecule has 1 aromatic rings. The molecule has 0 saturated carbocycles. The fourth-order valence-electron chi connectivity index (χ4n) is 2.52. The van der Waals surface area contributed by atoms with Crippen molar-refractivity contribution in [2.45, 2.75) is 70.8 Å². The third-order valence-corrected chi connectivity index (χ3v) is 9.90. The lowest BCUT2D eigenvalue weighted by molar-refractivity contribution is -0.142. The fraction of sp³-hybridized carbons (Fsp3) is 0.571. The fourth-order valence-corrected chi connectivity index (χ4v) is 3.58. The summed E-state index contributed by atoms with van der Waals surface area (Å²) in [5.41, 5.74) is 0.250. The van der Waals surface area contributed by atoms with Crippen molar-refractivity contribution in [1.82, 2.24) is 10.6 Å². The number of hydrogen-bond acceptors (Lipinski definition) is 4. The minimum atomic E-state index is -2.05. The number of nitrogens with one attached hydrogen (secondary N) is 2. The van der Waals surface area contributed by atoms with Crippen LogP contribution in [0.15, 0.2) is 24.3 Å². The quantitative estimate of drug-likeness (QED) is 0.485. The molecule has 0 radical (unpaired) electrons. The van der Waals surface area contributed by atoms with Crippen LogP contribution in [-0.2, 0) is 25.2 Å². The Kier molecular flexibility index (Phi) is 9.17. The molecule has 2 amide bonds. The Morgan fingerprint density at radius 3 is 2.23 bits per heavy atom. The van der Waals surface area contributed by atoms with E-state index in [9.17, 15) is 23.9 Å². The lowest BCUT2D eigenvalue weighted by atomic mass is 10.0. The monoisotopic (exact) mass is 440 g/mol. The zero-order valence-electron chi connectivity index (χ0n) is 18.5. The second-order valence-electron chi connectivity index (χ2n) is 8.85. The number of aliphatic carboxylic acids is 1. The molecule has 0 aliphatic rings. The van der Waals surface area contributed by atoms with Gasteiger partial charge >= 0.3 is 5.97 Å². The molecule has 0 aliphatic carbocycles. The van der Waals surface area contributed by atoms with E-state index < -0.39 is 44.0 Å². The van der Waals surface area contributed by atoms with Crippen molar-refractivity contribution >= 4 is 26.1 Å². The summed E-state index contributed by atoms with van der Waals surface area (Å²) < 4.78 is 20.0. The van der Waals surface area contributed by atoms with Gasteiger partial charge in [-0.3, -0.25) is 9.59 Å². The highest BCUT2D eigenvalue weighted by atomic mass is 28.4. The van der Waals surface area contributed by atoms with Gasteiger partial charge in [0.25, 0.3) is 0 Å². The topological polar surface area (TPSA) is 105 Å². The van der Waals surface area contributed by atoms with E-state index in [1.54, 1.807) is 6.07 Å². The molecule has 0 heterocycles. The first-order valence-electron chi connectivity index (χ1n) is 9.92. The van der Waals surface area contributed by atoms with Gasteiger partial charge in [-0.15, -0.1) is 0 Å². The highest BCUT2D eigenvalue weighted by molar-refractivity contribution is 6.74. The summed E-state index contributed by atoms with van der Waals surface area (Å²) in [6.07, 6.45) is -0.00896. The van der Waals surface area contributed by atoms with Crippen LogP contribution in [0.4, 0.5) is 4.39 Å². The van der Waals surface area contributed by atoms with Crippen molar-refractivity contribution in [3.63, 3.8) is 0 Å². The Labute approximate surface area is 178 Å². The summed E-state index contributed by atoms with van der Waals surface area (Å²) in [7, 11) is -2.05. The van der Waals surface area contributed by atoms with Crippen LogP contribution >= 0.6 is 0 Å². The van der Waals surface area contributed by atoms with E-state index in [0.717, 1.165) is 0 Å². The first-order chi connectivity index (χ1) is 13.7. The number of hydrogen-bond donors (Lipinski definition) is 3. The summed E-state index contributed by atoms with van der Waals surface area (Å²) in [6.45, 7) is 11.8. The average Bonchev–Trinajstić information content (AvgIpc) is 2.60. The van der Waals surface area contributed by atoms with E-state index in [0.29, 0.717) is 0 Å². The van der Waals surface area contributed by atoms with Gasteiger partial charge in [0.1, 0.15) is 17.9 Å². The number of rotatable bonds is 10. The van der Waals surface area contributed by atoms with Crippen LogP contribution in [0.3, 0.4) is 0 Å². The molecule has 30 heavy (non-hydrogen) atoms. The number of amides is 2. The van der Waals surface area contributed by atoms with Crippen molar-refractivity contribution in [1.29, 1.82) is 0 Å². The summed E-state index contributed by atoms with van der Waals surface area (Å²) in [4.78, 5) is 35.8. The van der Waals surface area contributed by atoms with Crippen LogP contribution in [0.25, 0.3) is 0 Å². The van der Waals surface area contributed by atoms with Crippen molar-refractivity contribution in [3.05, 3.63) is 35.6 Å². The van der Waals surface area contributed by atoms with E-state index in [4.69, 9.17) is 4.43 Å². The Morgan fingerprint density at radius 2 is 1.73 bits per heavy atom. The van der Waals surface area contributed by atoms with Gasteiger partial charge in [-0.05, 0) is 29.8 Å². The summed E-state index contributed by atoms with van der Waals surface area (Å²) >= 11 is 0. The molecule has 2 atom stereocenters. The lowest BCUT2D eigenvalue weighted by Crippen LogP contribution is -2.52. The van der Waals surface area contributed by atoms with E-state index in [1.165, 1.54) is 25.1 Å². The molecule has 0 aliphatic heterocycles. The van der Waals surface area contributed by atoms with Crippen molar-refractivity contribution < 1.29 is 28.3 Å². The van der Waals surface area contributed by atoms with Crippen LogP contribution in [0.5, 0.6) is 0 Å². The Balaban J connectivity index is 2.83. The van der Waals surface area contributed by atoms with Gasteiger partial charge in [-0.25, -0.2) is 9.18 Å². The molecule has 0 aromatic heterocycles. The smallest absolute Gasteiger partial charge is 0.326 e. The molecule has 1 rings (SSSR count). The Bertz CT molecular complexity index is 764. The first kappa shape index (κ1) is 25.8. The number of benzene rings is 1. The predicted octanol–water partition coefficient (Wildman–Crippen LogP) is 2.85. The van der Waals surface area contributed by atoms with Crippen LogP contribution in [0, 0.1) is 5.82 Å². The van der Waals surface area contributed by atoms with Crippen LogP contribution in [-0.4, -0.2) is 49.9 Å². The summed E-state index contributed by atoms with van der Waals surface area (Å²) in [6, 6.07) is 3.64. The zero-order chi connectivity index (χ0) is 23.1. The van der Waals surface area contributed by atoms with Crippen LogP contribution < -0.4 is 10.6 Å².